The van der Waals surface area contributed by atoms with Crippen molar-refractivity contribution in [3.05, 3.63) is 144 Å². The molecule has 3 aliphatic heterocycles. The average molecular weight is 781 g/mol. The van der Waals surface area contributed by atoms with Crippen LogP contribution in [0.5, 0.6) is 0 Å². The second-order valence-electron chi connectivity index (χ2n) is 20.9. The first-order chi connectivity index (χ1) is 28.8. The highest BCUT2D eigenvalue weighted by molar-refractivity contribution is 6.94. The zero-order chi connectivity index (χ0) is 41.1. The minimum Gasteiger partial charge on any atom is -0.456 e. The van der Waals surface area contributed by atoms with Gasteiger partial charge in [0.05, 0.1) is 5.54 Å². The number of hydrogen-bond acceptors (Lipinski definition) is 3. The van der Waals surface area contributed by atoms with Crippen LogP contribution in [-0.4, -0.2) is 12.4 Å². The van der Waals surface area contributed by atoms with Gasteiger partial charge >= 0.3 is 6.85 Å². The third-order valence-corrected chi connectivity index (χ3v) is 15.5. The predicted molar refractivity (Wildman–Crippen MR) is 256 cm³/mol. The maximum Gasteiger partial charge on any atom is 0.333 e. The summed E-state index contributed by atoms with van der Waals surface area (Å²) < 4.78 is 6.74. The summed E-state index contributed by atoms with van der Waals surface area (Å²) in [6.07, 6.45) is 4.86. The molecule has 4 heteroatoms. The lowest BCUT2D eigenvalue weighted by Gasteiger charge is -2.53. The van der Waals surface area contributed by atoms with E-state index < -0.39 is 0 Å². The lowest BCUT2D eigenvalue weighted by Crippen LogP contribution is -2.64. The van der Waals surface area contributed by atoms with Crippen LogP contribution in [0.3, 0.4) is 0 Å². The molecule has 4 heterocycles. The molecule has 60 heavy (non-hydrogen) atoms. The van der Waals surface area contributed by atoms with Crippen LogP contribution in [0.4, 0.5) is 22.7 Å². The van der Waals surface area contributed by atoms with Crippen molar-refractivity contribution in [2.75, 3.05) is 9.71 Å². The van der Waals surface area contributed by atoms with Gasteiger partial charge in [0.1, 0.15) is 11.2 Å². The lowest BCUT2D eigenvalue weighted by atomic mass is 9.42. The van der Waals surface area contributed by atoms with Crippen LogP contribution in [-0.2, 0) is 16.2 Å². The van der Waals surface area contributed by atoms with E-state index in [2.05, 4.69) is 192 Å². The van der Waals surface area contributed by atoms with Crippen LogP contribution in [0.15, 0.2) is 132 Å². The minimum absolute atomic E-state index is 0.00607. The molecule has 2 atom stereocenters. The standard InChI is InChI=1S/C56H53BN2O/c1-53(2,3)36-24-25-46(40(29-36)34-18-10-9-11-19-34)59-47-32-42-39-22-14-15-23-48(39)60-49(42)33-41(47)43-28-35-20-12-13-21-38(35)51-50(43)57(59)45-31-37(54(4,5)6)30-44-52(45)58(51)56(8)27-17-16-26-55(44,56)7/h9-15,18-25,28-33H,16-17,26-27H2,1-8H3. The molecule has 0 amide bonds. The Morgan fingerprint density at radius 1 is 0.567 bits per heavy atom. The Hall–Kier alpha value is -5.74. The monoisotopic (exact) mass is 780 g/mol. The molecule has 3 nitrogen and oxygen atoms in total. The SMILES string of the molecule is CC(C)(C)c1ccc(N2B3c4cc(C(C)(C)C)cc5c4N(c4c3c(cc3ccccc43)-c3cc4oc6ccccc6c4cc32)C2(C)CCCCC52C)c(-c2ccccc2)c1. The van der Waals surface area contributed by atoms with Crippen LogP contribution < -0.4 is 20.6 Å². The van der Waals surface area contributed by atoms with E-state index in [9.17, 15) is 0 Å². The van der Waals surface area contributed by atoms with Crippen molar-refractivity contribution in [3.63, 3.8) is 0 Å². The smallest absolute Gasteiger partial charge is 0.333 e. The van der Waals surface area contributed by atoms with Gasteiger partial charge < -0.3 is 14.1 Å². The molecule has 4 aliphatic rings. The first-order valence-electron chi connectivity index (χ1n) is 22.3. The largest absolute Gasteiger partial charge is 0.456 e. The summed E-state index contributed by atoms with van der Waals surface area (Å²) in [5, 5.41) is 4.94. The number of para-hydroxylation sites is 1. The quantitative estimate of drug-likeness (QED) is 0.163. The van der Waals surface area contributed by atoms with Gasteiger partial charge in [0.15, 0.2) is 0 Å². The molecule has 7 aromatic carbocycles. The molecule has 1 saturated carbocycles. The van der Waals surface area contributed by atoms with Crippen molar-refractivity contribution in [1.29, 1.82) is 0 Å². The number of hydrogen-bond donors (Lipinski definition) is 0. The number of fused-ring (bicyclic) bond motifs is 12. The maximum atomic E-state index is 6.74. The van der Waals surface area contributed by atoms with E-state index in [-0.39, 0.29) is 28.6 Å². The summed E-state index contributed by atoms with van der Waals surface area (Å²) in [5.41, 5.74) is 19.2. The summed E-state index contributed by atoms with van der Waals surface area (Å²) >= 11 is 0. The molecule has 0 spiro atoms. The van der Waals surface area contributed by atoms with Crippen molar-refractivity contribution in [2.45, 2.75) is 103 Å². The van der Waals surface area contributed by atoms with Crippen LogP contribution in [0, 0.1) is 0 Å². The Bertz CT molecular complexity index is 3130. The molecule has 8 aromatic rings. The molecule has 0 bridgehead atoms. The van der Waals surface area contributed by atoms with E-state index >= 15 is 0 Å². The van der Waals surface area contributed by atoms with Gasteiger partial charge in [-0.1, -0.05) is 152 Å². The third kappa shape index (κ3) is 4.68. The fraction of sp³-hybridized carbons (Fsp3) is 0.286. The molecule has 12 rings (SSSR count). The number of furan rings is 1. The summed E-state index contributed by atoms with van der Waals surface area (Å²) in [4.78, 5) is 5.66. The number of benzene rings is 7. The van der Waals surface area contributed by atoms with Gasteiger partial charge in [0.25, 0.3) is 0 Å². The highest BCUT2D eigenvalue weighted by Gasteiger charge is 2.62. The minimum atomic E-state index is -0.0843. The van der Waals surface area contributed by atoms with Crippen molar-refractivity contribution >= 4 is 73.2 Å². The first-order valence-corrected chi connectivity index (χ1v) is 22.3. The van der Waals surface area contributed by atoms with Crippen molar-refractivity contribution in [1.82, 2.24) is 0 Å². The van der Waals surface area contributed by atoms with Crippen LogP contribution in [0.1, 0.15) is 97.8 Å². The van der Waals surface area contributed by atoms with E-state index in [1.165, 1.54) is 97.1 Å². The lowest BCUT2D eigenvalue weighted by molar-refractivity contribution is 0.195. The second-order valence-corrected chi connectivity index (χ2v) is 20.9. The number of rotatable bonds is 2. The van der Waals surface area contributed by atoms with Gasteiger partial charge in [0.2, 0.25) is 0 Å². The molecule has 1 aromatic heterocycles. The molecule has 1 fully saturated rings. The normalized spacial score (nSPS) is 20.4. The van der Waals surface area contributed by atoms with Gasteiger partial charge in [-0.3, -0.25) is 0 Å². The van der Waals surface area contributed by atoms with Gasteiger partial charge in [-0.2, -0.15) is 0 Å². The summed E-state index contributed by atoms with van der Waals surface area (Å²) in [6, 6.07) is 48.8. The summed E-state index contributed by atoms with van der Waals surface area (Å²) in [7, 11) is 0. The molecule has 0 N–H and O–H groups in total. The van der Waals surface area contributed by atoms with Gasteiger partial charge in [-0.15, -0.1) is 0 Å². The van der Waals surface area contributed by atoms with Crippen LogP contribution in [0.2, 0.25) is 0 Å². The van der Waals surface area contributed by atoms with Crippen molar-refractivity contribution in [2.24, 2.45) is 0 Å². The number of nitrogens with zero attached hydrogens (tertiary/aromatic N) is 2. The molecule has 0 radical (unpaired) electrons. The van der Waals surface area contributed by atoms with E-state index in [0.717, 1.165) is 28.4 Å². The van der Waals surface area contributed by atoms with Crippen LogP contribution >= 0.6 is 0 Å². The van der Waals surface area contributed by atoms with E-state index in [1.54, 1.807) is 5.56 Å². The van der Waals surface area contributed by atoms with Gasteiger partial charge in [0, 0.05) is 55.5 Å². The zero-order valence-corrected chi connectivity index (χ0v) is 36.3. The van der Waals surface area contributed by atoms with E-state index in [4.69, 9.17) is 4.42 Å². The Kier molecular flexibility index (Phi) is 7.21. The predicted octanol–water partition coefficient (Wildman–Crippen LogP) is 14.0. The molecule has 296 valence electrons. The fourth-order valence-electron chi connectivity index (χ4n) is 12.0. The summed E-state index contributed by atoms with van der Waals surface area (Å²) in [5.74, 6) is 0. The van der Waals surface area contributed by atoms with Gasteiger partial charge in [-0.25, -0.2) is 0 Å². The van der Waals surface area contributed by atoms with E-state index in [1.807, 2.05) is 0 Å². The van der Waals surface area contributed by atoms with Crippen molar-refractivity contribution < 1.29 is 4.42 Å². The molecule has 1 aliphatic carbocycles. The molecular formula is C56H53BN2O. The maximum absolute atomic E-state index is 6.74. The topological polar surface area (TPSA) is 19.6 Å². The average Bonchev–Trinajstić information content (AvgIpc) is 3.70. The molecule has 0 saturated heterocycles. The zero-order valence-electron chi connectivity index (χ0n) is 36.3. The summed E-state index contributed by atoms with van der Waals surface area (Å²) in [6.45, 7) is 19.3. The number of anilines is 4. The third-order valence-electron chi connectivity index (χ3n) is 15.5. The van der Waals surface area contributed by atoms with Crippen LogP contribution in [0.25, 0.3) is 55.0 Å². The second kappa shape index (κ2) is 12.0. The van der Waals surface area contributed by atoms with Crippen molar-refractivity contribution in [3.8, 4) is 22.3 Å². The van der Waals surface area contributed by atoms with E-state index in [0.29, 0.717) is 0 Å². The highest BCUT2D eigenvalue weighted by atomic mass is 16.3. The molecular weight excluding hydrogens is 727 g/mol. The highest BCUT2D eigenvalue weighted by Crippen LogP contribution is 2.63. The van der Waals surface area contributed by atoms with Gasteiger partial charge in [-0.05, 0) is 111 Å². The fourth-order valence-corrected chi connectivity index (χ4v) is 12.0. The Morgan fingerprint density at radius 2 is 1.28 bits per heavy atom. The Balaban J connectivity index is 1.29. The Labute approximate surface area is 355 Å². The molecule has 2 unspecified atom stereocenters. The Morgan fingerprint density at radius 3 is 2.07 bits per heavy atom. The first kappa shape index (κ1) is 36.1.